The van der Waals surface area contributed by atoms with Crippen LogP contribution in [0.3, 0.4) is 0 Å². The molecule has 1 amide bonds. The number of aromatic amines is 1. The van der Waals surface area contributed by atoms with E-state index in [1.54, 1.807) is 6.20 Å². The number of carbonyl (C=O) groups excluding carboxylic acids is 1. The number of nitrogens with one attached hydrogen (secondary N) is 2. The van der Waals surface area contributed by atoms with Gasteiger partial charge in [-0.15, -0.1) is 0 Å². The first kappa shape index (κ1) is 14.5. The van der Waals surface area contributed by atoms with Gasteiger partial charge in [-0.2, -0.15) is 5.10 Å². The van der Waals surface area contributed by atoms with Gasteiger partial charge < -0.3 is 5.32 Å². The number of amides is 1. The molecule has 0 aliphatic heterocycles. The number of rotatable bonds is 5. The van der Waals surface area contributed by atoms with Crippen LogP contribution in [0.4, 0.5) is 4.39 Å². The zero-order valence-corrected chi connectivity index (χ0v) is 11.8. The van der Waals surface area contributed by atoms with Crippen molar-refractivity contribution < 1.29 is 9.18 Å². The molecular formula is C14H15ClFN3O. The van der Waals surface area contributed by atoms with Crippen LogP contribution in [0.5, 0.6) is 0 Å². The van der Waals surface area contributed by atoms with Gasteiger partial charge in [0.2, 0.25) is 0 Å². The lowest BCUT2D eigenvalue weighted by atomic mass is 10.1. The summed E-state index contributed by atoms with van der Waals surface area (Å²) in [7, 11) is 0. The van der Waals surface area contributed by atoms with Crippen LogP contribution in [0.1, 0.15) is 28.0 Å². The van der Waals surface area contributed by atoms with Crippen LogP contribution in [0.25, 0.3) is 0 Å². The van der Waals surface area contributed by atoms with Gasteiger partial charge in [0.05, 0.1) is 11.8 Å². The topological polar surface area (TPSA) is 57.8 Å². The van der Waals surface area contributed by atoms with Gasteiger partial charge in [0.15, 0.2) is 0 Å². The number of aryl methyl sites for hydroxylation is 2. The van der Waals surface area contributed by atoms with Crippen molar-refractivity contribution >= 4 is 17.5 Å². The first-order valence-electron chi connectivity index (χ1n) is 6.30. The minimum atomic E-state index is -0.572. The minimum absolute atomic E-state index is 0.0306. The molecule has 1 heterocycles. The van der Waals surface area contributed by atoms with Gasteiger partial charge in [-0.25, -0.2) is 4.39 Å². The summed E-state index contributed by atoms with van der Waals surface area (Å²) in [4.78, 5) is 11.8. The molecule has 1 aromatic carbocycles. The molecule has 2 aromatic rings. The molecule has 0 aliphatic rings. The highest BCUT2D eigenvalue weighted by Gasteiger charge is 2.11. The second-order valence-corrected chi connectivity index (χ2v) is 4.94. The Morgan fingerprint density at radius 2 is 2.30 bits per heavy atom. The van der Waals surface area contributed by atoms with Crippen molar-refractivity contribution in [3.05, 3.63) is 52.1 Å². The number of hydrogen-bond acceptors (Lipinski definition) is 2. The third-order valence-corrected chi connectivity index (χ3v) is 3.25. The summed E-state index contributed by atoms with van der Waals surface area (Å²) < 4.78 is 13.5. The molecule has 0 spiro atoms. The predicted molar refractivity (Wildman–Crippen MR) is 75.4 cm³/mol. The third-order valence-electron chi connectivity index (χ3n) is 3.02. The van der Waals surface area contributed by atoms with Crippen LogP contribution in [0.2, 0.25) is 5.02 Å². The largest absolute Gasteiger partial charge is 0.352 e. The second-order valence-electron chi connectivity index (χ2n) is 4.50. The van der Waals surface area contributed by atoms with E-state index in [4.69, 9.17) is 11.6 Å². The summed E-state index contributed by atoms with van der Waals surface area (Å²) in [5.41, 5.74) is 2.11. The third kappa shape index (κ3) is 3.57. The lowest BCUT2D eigenvalue weighted by Crippen LogP contribution is -2.25. The molecule has 0 bridgehead atoms. The Morgan fingerprint density at radius 3 is 3.00 bits per heavy atom. The van der Waals surface area contributed by atoms with Gasteiger partial charge in [0.1, 0.15) is 5.82 Å². The molecule has 0 fully saturated rings. The first-order chi connectivity index (χ1) is 9.58. The SMILES string of the molecule is Cc1[nH]ncc1CCCNC(=O)c1cc(Cl)ccc1F. The van der Waals surface area contributed by atoms with E-state index in [1.807, 2.05) is 6.92 Å². The molecule has 2 N–H and O–H groups in total. The summed E-state index contributed by atoms with van der Waals surface area (Å²) in [5.74, 6) is -1.02. The zero-order valence-electron chi connectivity index (χ0n) is 11.0. The molecule has 0 saturated heterocycles. The smallest absolute Gasteiger partial charge is 0.254 e. The molecule has 0 aliphatic carbocycles. The van der Waals surface area contributed by atoms with E-state index in [2.05, 4.69) is 15.5 Å². The Kier molecular flexibility index (Phi) is 4.74. The van der Waals surface area contributed by atoms with E-state index < -0.39 is 11.7 Å². The number of hydrogen-bond donors (Lipinski definition) is 2. The average molecular weight is 296 g/mol. The standard InChI is InChI=1S/C14H15ClFN3O/c1-9-10(8-18-19-9)3-2-6-17-14(20)12-7-11(15)4-5-13(12)16/h4-5,7-8H,2-3,6H2,1H3,(H,17,20)(H,18,19). The van der Waals surface area contributed by atoms with Crippen LogP contribution < -0.4 is 5.32 Å². The number of nitrogens with zero attached hydrogens (tertiary/aromatic N) is 1. The fourth-order valence-corrected chi connectivity index (χ4v) is 2.05. The highest BCUT2D eigenvalue weighted by molar-refractivity contribution is 6.30. The Morgan fingerprint density at radius 1 is 1.50 bits per heavy atom. The van der Waals surface area contributed by atoms with Crippen molar-refractivity contribution in [1.29, 1.82) is 0 Å². The summed E-state index contributed by atoms with van der Waals surface area (Å²) >= 11 is 5.75. The van der Waals surface area contributed by atoms with Crippen molar-refractivity contribution in [2.45, 2.75) is 19.8 Å². The molecule has 1 aromatic heterocycles. The molecule has 6 heteroatoms. The van der Waals surface area contributed by atoms with Crippen LogP contribution in [-0.2, 0) is 6.42 Å². The molecule has 0 saturated carbocycles. The van der Waals surface area contributed by atoms with Crippen molar-refractivity contribution in [1.82, 2.24) is 15.5 Å². The highest BCUT2D eigenvalue weighted by atomic mass is 35.5. The fraction of sp³-hybridized carbons (Fsp3) is 0.286. The maximum Gasteiger partial charge on any atom is 0.254 e. The quantitative estimate of drug-likeness (QED) is 0.833. The maximum atomic E-state index is 13.5. The predicted octanol–water partition coefficient (Wildman–Crippen LogP) is 2.87. The lowest BCUT2D eigenvalue weighted by Gasteiger charge is -2.06. The summed E-state index contributed by atoms with van der Waals surface area (Å²) in [5, 5.41) is 9.80. The molecule has 4 nitrogen and oxygen atoms in total. The van der Waals surface area contributed by atoms with Crippen LogP contribution in [0.15, 0.2) is 24.4 Å². The Hall–Kier alpha value is -1.88. The Balaban J connectivity index is 1.83. The van der Waals surface area contributed by atoms with Crippen LogP contribution >= 0.6 is 11.6 Å². The van der Waals surface area contributed by atoms with E-state index in [0.717, 1.165) is 24.1 Å². The van der Waals surface area contributed by atoms with E-state index >= 15 is 0 Å². The van der Waals surface area contributed by atoms with Gasteiger partial charge in [0.25, 0.3) is 5.91 Å². The average Bonchev–Trinajstić information content (AvgIpc) is 2.83. The van der Waals surface area contributed by atoms with E-state index in [9.17, 15) is 9.18 Å². The molecule has 2 rings (SSSR count). The van der Waals surface area contributed by atoms with Crippen molar-refractivity contribution in [2.24, 2.45) is 0 Å². The summed E-state index contributed by atoms with van der Waals surface area (Å²) in [6.07, 6.45) is 3.34. The fourth-order valence-electron chi connectivity index (χ4n) is 1.88. The molecule has 0 unspecified atom stereocenters. The number of benzene rings is 1. The number of halogens is 2. The van der Waals surface area contributed by atoms with Crippen LogP contribution in [-0.4, -0.2) is 22.6 Å². The summed E-state index contributed by atoms with van der Waals surface area (Å²) in [6, 6.07) is 3.92. The van der Waals surface area contributed by atoms with Crippen molar-refractivity contribution in [2.75, 3.05) is 6.54 Å². The Bertz CT molecular complexity index is 612. The van der Waals surface area contributed by atoms with Crippen LogP contribution in [0, 0.1) is 12.7 Å². The van der Waals surface area contributed by atoms with Gasteiger partial charge in [-0.3, -0.25) is 9.89 Å². The molecule has 0 radical (unpaired) electrons. The molecule has 20 heavy (non-hydrogen) atoms. The highest BCUT2D eigenvalue weighted by Crippen LogP contribution is 2.14. The zero-order chi connectivity index (χ0) is 14.5. The number of H-pyrrole nitrogens is 1. The van der Waals surface area contributed by atoms with E-state index in [1.165, 1.54) is 18.2 Å². The number of aromatic nitrogens is 2. The van der Waals surface area contributed by atoms with E-state index in [0.29, 0.717) is 11.6 Å². The number of carbonyl (C=O) groups is 1. The van der Waals surface area contributed by atoms with Gasteiger partial charge >= 0.3 is 0 Å². The van der Waals surface area contributed by atoms with Gasteiger partial charge in [-0.1, -0.05) is 11.6 Å². The molecular weight excluding hydrogens is 281 g/mol. The Labute approximate surface area is 121 Å². The summed E-state index contributed by atoms with van der Waals surface area (Å²) in [6.45, 7) is 2.41. The van der Waals surface area contributed by atoms with Crippen molar-refractivity contribution in [3.8, 4) is 0 Å². The maximum absolute atomic E-state index is 13.5. The van der Waals surface area contributed by atoms with Gasteiger partial charge in [-0.05, 0) is 43.5 Å². The first-order valence-corrected chi connectivity index (χ1v) is 6.68. The molecule has 0 atom stereocenters. The monoisotopic (exact) mass is 295 g/mol. The van der Waals surface area contributed by atoms with Gasteiger partial charge in [0, 0.05) is 17.3 Å². The van der Waals surface area contributed by atoms with E-state index in [-0.39, 0.29) is 5.56 Å². The second kappa shape index (κ2) is 6.52. The normalized spacial score (nSPS) is 10.6. The minimum Gasteiger partial charge on any atom is -0.352 e. The lowest BCUT2D eigenvalue weighted by molar-refractivity contribution is 0.0949. The molecule has 106 valence electrons. The van der Waals surface area contributed by atoms with Crippen molar-refractivity contribution in [3.63, 3.8) is 0 Å².